The van der Waals surface area contributed by atoms with E-state index in [2.05, 4.69) is 40.7 Å². The molecule has 0 atom stereocenters. The Hall–Kier alpha value is -1.82. The summed E-state index contributed by atoms with van der Waals surface area (Å²) in [6.07, 6.45) is 2.17. The van der Waals surface area contributed by atoms with Crippen molar-refractivity contribution in [3.63, 3.8) is 0 Å². The molecule has 2 N–H and O–H groups in total. The number of guanidine groups is 1. The van der Waals surface area contributed by atoms with E-state index >= 15 is 0 Å². The number of rotatable bonds is 6. The summed E-state index contributed by atoms with van der Waals surface area (Å²) in [5.74, 6) is 0.839. The number of benzene rings is 2. The molecule has 1 heterocycles. The second kappa shape index (κ2) is 12.8. The smallest absolute Gasteiger partial charge is 0.191 e. The number of likely N-dealkylation sites (tertiary alicyclic amines) is 1. The van der Waals surface area contributed by atoms with Crippen molar-refractivity contribution in [2.75, 3.05) is 19.6 Å². The van der Waals surface area contributed by atoms with Crippen molar-refractivity contribution in [2.45, 2.75) is 38.9 Å². The quantitative estimate of drug-likeness (QED) is 0.322. The number of halogens is 2. The molecule has 0 saturated carbocycles. The Kier molecular flexibility index (Phi) is 10.4. The normalized spacial score (nSPS) is 15.2. The Morgan fingerprint density at radius 1 is 1.17 bits per heavy atom. The Morgan fingerprint density at radius 2 is 1.90 bits per heavy atom. The van der Waals surface area contributed by atoms with E-state index in [1.54, 1.807) is 0 Å². The van der Waals surface area contributed by atoms with Gasteiger partial charge in [-0.1, -0.05) is 35.9 Å². The lowest BCUT2D eigenvalue weighted by molar-refractivity contribution is 0.198. The summed E-state index contributed by atoms with van der Waals surface area (Å²) < 4.78 is 0. The highest BCUT2D eigenvalue weighted by atomic mass is 127. The van der Waals surface area contributed by atoms with Gasteiger partial charge in [-0.2, -0.15) is 5.26 Å². The van der Waals surface area contributed by atoms with Gasteiger partial charge in [0.15, 0.2) is 5.96 Å². The molecule has 30 heavy (non-hydrogen) atoms. The number of nitrogens with one attached hydrogen (secondary N) is 2. The highest BCUT2D eigenvalue weighted by Crippen LogP contribution is 2.16. The monoisotopic (exact) mass is 537 g/mol. The van der Waals surface area contributed by atoms with E-state index in [1.807, 2.05) is 36.4 Å². The molecule has 0 aromatic heterocycles. The van der Waals surface area contributed by atoms with Crippen LogP contribution in [0.25, 0.3) is 0 Å². The van der Waals surface area contributed by atoms with Crippen molar-refractivity contribution in [2.24, 2.45) is 4.99 Å². The molecule has 2 aromatic carbocycles. The third kappa shape index (κ3) is 7.78. The first-order valence-electron chi connectivity index (χ1n) is 10.2. The predicted octanol–water partition coefficient (Wildman–Crippen LogP) is 4.55. The Morgan fingerprint density at radius 3 is 2.57 bits per heavy atom. The number of hydrogen-bond donors (Lipinski definition) is 2. The molecule has 1 aliphatic rings. The lowest BCUT2D eigenvalue weighted by Crippen LogP contribution is -2.48. The van der Waals surface area contributed by atoms with E-state index < -0.39 is 0 Å². The third-order valence-electron chi connectivity index (χ3n) is 5.07. The summed E-state index contributed by atoms with van der Waals surface area (Å²) in [6, 6.07) is 18.3. The molecular formula is C23H29ClIN5. The fourth-order valence-corrected chi connectivity index (χ4v) is 3.63. The van der Waals surface area contributed by atoms with Crippen LogP contribution in [0.5, 0.6) is 0 Å². The Bertz CT molecular complexity index is 855. The molecule has 1 aliphatic heterocycles. The molecule has 160 valence electrons. The molecule has 0 aliphatic carbocycles. The second-order valence-electron chi connectivity index (χ2n) is 7.33. The number of nitriles is 1. The van der Waals surface area contributed by atoms with E-state index in [9.17, 15) is 0 Å². The Balaban J connectivity index is 0.00000320. The predicted molar refractivity (Wildman–Crippen MR) is 134 cm³/mol. The summed E-state index contributed by atoms with van der Waals surface area (Å²) in [5.41, 5.74) is 3.01. The molecular weight excluding hydrogens is 509 g/mol. The lowest BCUT2D eigenvalue weighted by atomic mass is 10.0. The minimum absolute atomic E-state index is 0. The summed E-state index contributed by atoms with van der Waals surface area (Å²) in [5, 5.41) is 16.7. The maximum absolute atomic E-state index is 9.05. The van der Waals surface area contributed by atoms with Crippen LogP contribution in [0.3, 0.4) is 0 Å². The van der Waals surface area contributed by atoms with Crippen LogP contribution in [0.2, 0.25) is 5.02 Å². The fourth-order valence-electron chi connectivity index (χ4n) is 3.51. The maximum atomic E-state index is 9.05. The highest BCUT2D eigenvalue weighted by Gasteiger charge is 2.20. The van der Waals surface area contributed by atoms with Crippen molar-refractivity contribution >= 4 is 41.5 Å². The largest absolute Gasteiger partial charge is 0.357 e. The molecule has 7 heteroatoms. The van der Waals surface area contributed by atoms with Gasteiger partial charge in [0.1, 0.15) is 0 Å². The molecule has 0 amide bonds. The van der Waals surface area contributed by atoms with Crippen molar-refractivity contribution in [1.82, 2.24) is 15.5 Å². The molecule has 1 fully saturated rings. The van der Waals surface area contributed by atoms with Gasteiger partial charge in [-0.3, -0.25) is 4.90 Å². The van der Waals surface area contributed by atoms with Crippen LogP contribution >= 0.6 is 35.6 Å². The summed E-state index contributed by atoms with van der Waals surface area (Å²) in [6.45, 7) is 6.53. The second-order valence-corrected chi connectivity index (χ2v) is 7.77. The van der Waals surface area contributed by atoms with Gasteiger partial charge >= 0.3 is 0 Å². The van der Waals surface area contributed by atoms with Gasteiger partial charge in [-0.25, -0.2) is 4.99 Å². The zero-order chi connectivity index (χ0) is 20.5. The van der Waals surface area contributed by atoms with Crippen LogP contribution in [-0.2, 0) is 13.1 Å². The van der Waals surface area contributed by atoms with Crippen LogP contribution in [0.4, 0.5) is 0 Å². The molecule has 1 saturated heterocycles. The zero-order valence-electron chi connectivity index (χ0n) is 17.3. The first-order chi connectivity index (χ1) is 14.2. The minimum atomic E-state index is 0. The van der Waals surface area contributed by atoms with Gasteiger partial charge in [-0.15, -0.1) is 24.0 Å². The molecule has 3 rings (SSSR count). The first-order valence-corrected chi connectivity index (χ1v) is 10.5. The molecule has 0 spiro atoms. The van der Waals surface area contributed by atoms with Crippen molar-refractivity contribution in [1.29, 1.82) is 5.26 Å². The molecule has 2 aromatic rings. The summed E-state index contributed by atoms with van der Waals surface area (Å²) >= 11 is 5.97. The number of piperidine rings is 1. The number of hydrogen-bond acceptors (Lipinski definition) is 3. The maximum Gasteiger partial charge on any atom is 0.191 e. The topological polar surface area (TPSA) is 63.5 Å². The number of aliphatic imine (C=N–C) groups is 1. The van der Waals surface area contributed by atoms with Crippen LogP contribution in [0.15, 0.2) is 53.5 Å². The van der Waals surface area contributed by atoms with Crippen LogP contribution in [0.1, 0.15) is 36.5 Å². The van der Waals surface area contributed by atoms with Gasteiger partial charge in [0.2, 0.25) is 0 Å². The molecule has 0 radical (unpaired) electrons. The van der Waals surface area contributed by atoms with Crippen LogP contribution < -0.4 is 10.6 Å². The average molecular weight is 538 g/mol. The van der Waals surface area contributed by atoms with E-state index in [1.165, 1.54) is 5.56 Å². The van der Waals surface area contributed by atoms with Crippen molar-refractivity contribution in [3.05, 3.63) is 70.2 Å². The van der Waals surface area contributed by atoms with E-state index in [0.29, 0.717) is 18.2 Å². The lowest BCUT2D eigenvalue weighted by Gasteiger charge is -2.33. The van der Waals surface area contributed by atoms with E-state index in [4.69, 9.17) is 21.9 Å². The minimum Gasteiger partial charge on any atom is -0.357 e. The average Bonchev–Trinajstić information content (AvgIpc) is 2.75. The summed E-state index contributed by atoms with van der Waals surface area (Å²) in [4.78, 5) is 7.19. The van der Waals surface area contributed by atoms with Crippen molar-refractivity contribution in [3.8, 4) is 6.07 Å². The SMILES string of the molecule is CCNC(=NCc1cccc(C#N)c1)NC1CCN(Cc2ccc(Cl)cc2)CC1.I. The van der Waals surface area contributed by atoms with Gasteiger partial charge in [0.25, 0.3) is 0 Å². The van der Waals surface area contributed by atoms with Crippen LogP contribution in [-0.4, -0.2) is 36.5 Å². The number of nitrogens with zero attached hydrogens (tertiary/aromatic N) is 3. The Labute approximate surface area is 201 Å². The van der Waals surface area contributed by atoms with Gasteiger partial charge in [-0.05, 0) is 55.2 Å². The van der Waals surface area contributed by atoms with Crippen molar-refractivity contribution < 1.29 is 0 Å². The summed E-state index contributed by atoms with van der Waals surface area (Å²) in [7, 11) is 0. The van der Waals surface area contributed by atoms with Gasteiger partial charge < -0.3 is 10.6 Å². The van der Waals surface area contributed by atoms with E-state index in [0.717, 1.165) is 55.6 Å². The molecule has 0 unspecified atom stereocenters. The van der Waals surface area contributed by atoms with Crippen LogP contribution in [0, 0.1) is 11.3 Å². The van der Waals surface area contributed by atoms with Gasteiger partial charge in [0.05, 0.1) is 18.2 Å². The highest BCUT2D eigenvalue weighted by molar-refractivity contribution is 14.0. The molecule has 5 nitrogen and oxygen atoms in total. The first kappa shape index (κ1) is 24.4. The van der Waals surface area contributed by atoms with E-state index in [-0.39, 0.29) is 24.0 Å². The molecule has 0 bridgehead atoms. The standard InChI is InChI=1S/C23H28ClN5.HI/c1-2-26-23(27-16-20-5-3-4-19(14-20)15-25)28-22-10-12-29(13-11-22)17-18-6-8-21(24)9-7-18;/h3-9,14,22H,2,10-13,16-17H2,1H3,(H2,26,27,28);1H. The van der Waals surface area contributed by atoms with Gasteiger partial charge in [0, 0.05) is 37.2 Å². The zero-order valence-corrected chi connectivity index (χ0v) is 20.4. The fraction of sp³-hybridized carbons (Fsp3) is 0.391. The third-order valence-corrected chi connectivity index (χ3v) is 5.32.